The molecule has 3 rings (SSSR count). The fourth-order valence-corrected chi connectivity index (χ4v) is 3.02. The van der Waals surface area contributed by atoms with E-state index in [-0.39, 0.29) is 11.7 Å². The van der Waals surface area contributed by atoms with E-state index < -0.39 is 0 Å². The molecule has 0 amide bonds. The summed E-state index contributed by atoms with van der Waals surface area (Å²) >= 11 is 0. The first kappa shape index (κ1) is 11.5. The quantitative estimate of drug-likeness (QED) is 0.757. The summed E-state index contributed by atoms with van der Waals surface area (Å²) in [5.74, 6) is 1.15. The highest BCUT2D eigenvalue weighted by molar-refractivity contribution is 6.03. The zero-order chi connectivity index (χ0) is 12.5. The molecule has 0 aliphatic heterocycles. The standard InChI is InChI=1S/C15H18N2O/c1-11-5-4-6-12(9-11)15(18)13-10-16-17-8-3-2-7-14(13)17/h2-3,7-8,10-12H,4-6,9H2,1H3. The minimum atomic E-state index is 0.196. The highest BCUT2D eigenvalue weighted by Crippen LogP contribution is 2.31. The van der Waals surface area contributed by atoms with E-state index in [0.717, 1.165) is 23.9 Å². The van der Waals surface area contributed by atoms with E-state index in [2.05, 4.69) is 12.0 Å². The summed E-state index contributed by atoms with van der Waals surface area (Å²) in [7, 11) is 0. The van der Waals surface area contributed by atoms with Crippen LogP contribution < -0.4 is 0 Å². The SMILES string of the molecule is CC1CCCC(C(=O)c2cnn3ccccc23)C1. The minimum absolute atomic E-state index is 0.196. The van der Waals surface area contributed by atoms with Gasteiger partial charge in [0.2, 0.25) is 0 Å². The maximum atomic E-state index is 12.6. The van der Waals surface area contributed by atoms with Crippen molar-refractivity contribution in [2.75, 3.05) is 0 Å². The lowest BCUT2D eigenvalue weighted by atomic mass is 9.79. The Bertz CT molecular complexity index is 573. The van der Waals surface area contributed by atoms with Crippen molar-refractivity contribution in [2.45, 2.75) is 32.6 Å². The topological polar surface area (TPSA) is 34.4 Å². The molecule has 18 heavy (non-hydrogen) atoms. The molecule has 2 aromatic rings. The fourth-order valence-electron chi connectivity index (χ4n) is 3.02. The van der Waals surface area contributed by atoms with Gasteiger partial charge in [-0.1, -0.05) is 25.8 Å². The molecule has 0 N–H and O–H groups in total. The maximum absolute atomic E-state index is 12.6. The van der Waals surface area contributed by atoms with Gasteiger partial charge in [-0.2, -0.15) is 5.10 Å². The van der Waals surface area contributed by atoms with Gasteiger partial charge in [0.05, 0.1) is 17.3 Å². The fraction of sp³-hybridized carbons (Fsp3) is 0.467. The van der Waals surface area contributed by atoms with E-state index in [0.29, 0.717) is 5.92 Å². The van der Waals surface area contributed by atoms with Crippen LogP contribution in [0.25, 0.3) is 5.52 Å². The van der Waals surface area contributed by atoms with E-state index in [1.54, 1.807) is 10.7 Å². The minimum Gasteiger partial charge on any atom is -0.294 e. The Labute approximate surface area is 107 Å². The van der Waals surface area contributed by atoms with Crippen molar-refractivity contribution < 1.29 is 4.79 Å². The number of Topliss-reactive ketones (excluding diaryl/α,β-unsaturated/α-hetero) is 1. The van der Waals surface area contributed by atoms with Crippen LogP contribution in [0.4, 0.5) is 0 Å². The van der Waals surface area contributed by atoms with E-state index in [9.17, 15) is 4.79 Å². The first-order chi connectivity index (χ1) is 8.75. The van der Waals surface area contributed by atoms with Crippen LogP contribution in [0.2, 0.25) is 0 Å². The van der Waals surface area contributed by atoms with Crippen LogP contribution >= 0.6 is 0 Å². The summed E-state index contributed by atoms with van der Waals surface area (Å²) in [6.45, 7) is 2.25. The van der Waals surface area contributed by atoms with Gasteiger partial charge in [0.1, 0.15) is 0 Å². The van der Waals surface area contributed by atoms with Crippen LogP contribution in [0.5, 0.6) is 0 Å². The van der Waals surface area contributed by atoms with Crippen molar-refractivity contribution in [3.63, 3.8) is 0 Å². The molecule has 1 saturated carbocycles. The van der Waals surface area contributed by atoms with Crippen molar-refractivity contribution in [3.05, 3.63) is 36.2 Å². The van der Waals surface area contributed by atoms with Crippen molar-refractivity contribution in [2.24, 2.45) is 11.8 Å². The molecule has 0 radical (unpaired) electrons. The first-order valence-electron chi connectivity index (χ1n) is 6.72. The molecular formula is C15H18N2O. The summed E-state index contributed by atoms with van der Waals surface area (Å²) in [6.07, 6.45) is 8.11. The van der Waals surface area contributed by atoms with Crippen LogP contribution in [0.1, 0.15) is 43.0 Å². The summed E-state index contributed by atoms with van der Waals surface area (Å²) in [5, 5.41) is 4.25. The third-order valence-electron chi connectivity index (χ3n) is 4.00. The first-order valence-corrected chi connectivity index (χ1v) is 6.72. The van der Waals surface area contributed by atoms with Gasteiger partial charge in [0.25, 0.3) is 0 Å². The van der Waals surface area contributed by atoms with Gasteiger partial charge in [-0.15, -0.1) is 0 Å². The van der Waals surface area contributed by atoms with Gasteiger partial charge in [-0.05, 0) is 30.9 Å². The monoisotopic (exact) mass is 242 g/mol. The zero-order valence-electron chi connectivity index (χ0n) is 10.7. The lowest BCUT2D eigenvalue weighted by Crippen LogP contribution is -2.21. The largest absolute Gasteiger partial charge is 0.294 e. The lowest BCUT2D eigenvalue weighted by Gasteiger charge is -2.25. The predicted octanol–water partition coefficient (Wildman–Crippen LogP) is 3.34. The van der Waals surface area contributed by atoms with Gasteiger partial charge in [-0.3, -0.25) is 4.79 Å². The van der Waals surface area contributed by atoms with Crippen LogP contribution in [0, 0.1) is 11.8 Å². The van der Waals surface area contributed by atoms with E-state index in [4.69, 9.17) is 0 Å². The highest BCUT2D eigenvalue weighted by atomic mass is 16.1. The third-order valence-corrected chi connectivity index (χ3v) is 4.00. The Kier molecular flexibility index (Phi) is 2.90. The molecule has 0 saturated heterocycles. The van der Waals surface area contributed by atoms with Gasteiger partial charge in [-0.25, -0.2) is 4.52 Å². The number of hydrogen-bond donors (Lipinski definition) is 0. The van der Waals surface area contributed by atoms with E-state index in [1.165, 1.54) is 12.8 Å². The third kappa shape index (κ3) is 1.94. The van der Waals surface area contributed by atoms with Gasteiger partial charge in [0.15, 0.2) is 5.78 Å². The van der Waals surface area contributed by atoms with Crippen molar-refractivity contribution >= 4 is 11.3 Å². The number of rotatable bonds is 2. The molecule has 2 unspecified atom stereocenters. The Balaban J connectivity index is 1.92. The molecule has 3 heteroatoms. The highest BCUT2D eigenvalue weighted by Gasteiger charge is 2.27. The summed E-state index contributed by atoms with van der Waals surface area (Å²) < 4.78 is 1.78. The summed E-state index contributed by atoms with van der Waals surface area (Å²) in [5.41, 5.74) is 1.72. The van der Waals surface area contributed by atoms with Crippen LogP contribution in [0.3, 0.4) is 0 Å². The summed E-state index contributed by atoms with van der Waals surface area (Å²) in [4.78, 5) is 12.6. The molecule has 2 atom stereocenters. The molecule has 0 spiro atoms. The van der Waals surface area contributed by atoms with Crippen LogP contribution in [0.15, 0.2) is 30.6 Å². The Morgan fingerprint density at radius 1 is 1.39 bits per heavy atom. The molecule has 0 aromatic carbocycles. The predicted molar refractivity (Wildman–Crippen MR) is 70.6 cm³/mol. The average molecular weight is 242 g/mol. The normalized spacial score (nSPS) is 24.3. The second-order valence-corrected chi connectivity index (χ2v) is 5.42. The molecule has 0 bridgehead atoms. The molecule has 94 valence electrons. The maximum Gasteiger partial charge on any atom is 0.169 e. The van der Waals surface area contributed by atoms with Gasteiger partial charge in [0, 0.05) is 12.1 Å². The molecule has 2 aromatic heterocycles. The Morgan fingerprint density at radius 3 is 3.11 bits per heavy atom. The van der Waals surface area contributed by atoms with E-state index >= 15 is 0 Å². The number of aromatic nitrogens is 2. The number of carbonyl (C=O) groups excluding carboxylic acids is 1. The van der Waals surface area contributed by atoms with Crippen molar-refractivity contribution in [1.82, 2.24) is 9.61 Å². The Hall–Kier alpha value is -1.64. The molecule has 1 aliphatic rings. The van der Waals surface area contributed by atoms with Crippen LogP contribution in [-0.2, 0) is 0 Å². The number of ketones is 1. The second-order valence-electron chi connectivity index (χ2n) is 5.42. The van der Waals surface area contributed by atoms with Crippen molar-refractivity contribution in [1.29, 1.82) is 0 Å². The number of carbonyl (C=O) groups is 1. The lowest BCUT2D eigenvalue weighted by molar-refractivity contribution is 0.0870. The average Bonchev–Trinajstić information content (AvgIpc) is 2.82. The molecule has 3 nitrogen and oxygen atoms in total. The number of nitrogens with zero attached hydrogens (tertiary/aromatic N) is 2. The number of hydrogen-bond acceptors (Lipinski definition) is 2. The molecule has 1 fully saturated rings. The van der Waals surface area contributed by atoms with Crippen molar-refractivity contribution in [3.8, 4) is 0 Å². The van der Waals surface area contributed by atoms with Gasteiger partial charge >= 0.3 is 0 Å². The number of fused-ring (bicyclic) bond motifs is 1. The molecule has 1 aliphatic carbocycles. The zero-order valence-corrected chi connectivity index (χ0v) is 10.7. The second kappa shape index (κ2) is 4.56. The van der Waals surface area contributed by atoms with E-state index in [1.807, 2.05) is 24.4 Å². The smallest absolute Gasteiger partial charge is 0.169 e. The van der Waals surface area contributed by atoms with Gasteiger partial charge < -0.3 is 0 Å². The molecular weight excluding hydrogens is 224 g/mol. The molecule has 2 heterocycles. The Morgan fingerprint density at radius 2 is 2.28 bits per heavy atom. The number of pyridine rings is 1. The van der Waals surface area contributed by atoms with Crippen LogP contribution in [-0.4, -0.2) is 15.4 Å². The summed E-state index contributed by atoms with van der Waals surface area (Å²) in [6, 6.07) is 5.85.